The smallest absolute Gasteiger partial charge is 0.354 e. The van der Waals surface area contributed by atoms with E-state index < -0.39 is 5.97 Å². The van der Waals surface area contributed by atoms with E-state index in [0.717, 1.165) is 12.8 Å². The van der Waals surface area contributed by atoms with Crippen molar-refractivity contribution in [2.75, 3.05) is 18.0 Å². The molecule has 1 aromatic carbocycles. The number of carboxylic acid groups (broad SMARTS) is 1. The zero-order valence-electron chi connectivity index (χ0n) is 13.0. The number of hydrogen-bond acceptors (Lipinski definition) is 4. The summed E-state index contributed by atoms with van der Waals surface area (Å²) in [6, 6.07) is 11.9. The number of benzene rings is 1. The van der Waals surface area contributed by atoms with E-state index >= 15 is 0 Å². The third-order valence-corrected chi connectivity index (χ3v) is 4.52. The van der Waals surface area contributed by atoms with E-state index in [1.165, 1.54) is 6.07 Å². The van der Waals surface area contributed by atoms with Crippen LogP contribution in [0.3, 0.4) is 0 Å². The number of carboxylic acids is 1. The lowest BCUT2D eigenvalue weighted by atomic mass is 9.89. The second-order valence-electron chi connectivity index (χ2n) is 5.82. The monoisotopic (exact) mass is 344 g/mol. The van der Waals surface area contributed by atoms with E-state index in [-0.39, 0.29) is 17.4 Å². The molecule has 1 aliphatic heterocycles. The van der Waals surface area contributed by atoms with Gasteiger partial charge in [-0.05, 0) is 49.2 Å². The summed E-state index contributed by atoms with van der Waals surface area (Å²) in [5.41, 5.74) is 0.718. The van der Waals surface area contributed by atoms with Crippen LogP contribution >= 0.6 is 11.6 Å². The fourth-order valence-electron chi connectivity index (χ4n) is 2.94. The maximum Gasteiger partial charge on any atom is 0.354 e. The second-order valence-corrected chi connectivity index (χ2v) is 6.26. The highest BCUT2D eigenvalue weighted by Crippen LogP contribution is 2.25. The van der Waals surface area contributed by atoms with Crippen LogP contribution in [0.4, 0.5) is 5.82 Å². The van der Waals surface area contributed by atoms with E-state index in [4.69, 9.17) is 16.7 Å². The summed E-state index contributed by atoms with van der Waals surface area (Å²) in [6.07, 6.45) is 1.45. The SMILES string of the molecule is O=C(O)c1cccc(N2CCC(C(=O)c3ccc(Cl)cc3)CC2)n1. The Labute approximate surface area is 144 Å². The molecule has 5 nitrogen and oxygen atoms in total. The topological polar surface area (TPSA) is 70.5 Å². The number of hydrogen-bond donors (Lipinski definition) is 1. The largest absolute Gasteiger partial charge is 0.477 e. The maximum absolute atomic E-state index is 12.5. The minimum atomic E-state index is -1.04. The van der Waals surface area contributed by atoms with Crippen molar-refractivity contribution in [2.45, 2.75) is 12.8 Å². The van der Waals surface area contributed by atoms with Crippen LogP contribution in [-0.2, 0) is 0 Å². The van der Waals surface area contributed by atoms with Crippen LogP contribution in [0.15, 0.2) is 42.5 Å². The lowest BCUT2D eigenvalue weighted by Crippen LogP contribution is -2.37. The van der Waals surface area contributed by atoms with Crippen LogP contribution < -0.4 is 4.90 Å². The molecule has 1 saturated heterocycles. The number of carbonyl (C=O) groups is 2. The summed E-state index contributed by atoms with van der Waals surface area (Å²) in [6.45, 7) is 1.36. The average Bonchev–Trinajstić information content (AvgIpc) is 2.62. The molecule has 1 fully saturated rings. The van der Waals surface area contributed by atoms with Gasteiger partial charge in [0.25, 0.3) is 0 Å². The van der Waals surface area contributed by atoms with E-state index in [9.17, 15) is 9.59 Å². The highest BCUT2D eigenvalue weighted by Gasteiger charge is 2.26. The third kappa shape index (κ3) is 3.57. The number of Topliss-reactive ketones (excluding diaryl/α,β-unsaturated/α-hetero) is 1. The van der Waals surface area contributed by atoms with Gasteiger partial charge in [0.1, 0.15) is 5.82 Å². The fraction of sp³-hybridized carbons (Fsp3) is 0.278. The first-order chi connectivity index (χ1) is 11.5. The van der Waals surface area contributed by atoms with E-state index in [1.807, 2.05) is 4.90 Å². The first-order valence-corrected chi connectivity index (χ1v) is 8.17. The predicted octanol–water partition coefficient (Wildman–Crippen LogP) is 3.53. The lowest BCUT2D eigenvalue weighted by molar-refractivity contribution is 0.0690. The zero-order chi connectivity index (χ0) is 17.1. The molecule has 0 amide bonds. The zero-order valence-corrected chi connectivity index (χ0v) is 13.7. The Hall–Kier alpha value is -2.40. The molecule has 1 aliphatic rings. The predicted molar refractivity (Wildman–Crippen MR) is 91.9 cm³/mol. The second kappa shape index (κ2) is 7.01. The number of anilines is 1. The minimum absolute atomic E-state index is 0.0231. The van der Waals surface area contributed by atoms with Crippen molar-refractivity contribution in [3.63, 3.8) is 0 Å². The van der Waals surface area contributed by atoms with Gasteiger partial charge in [-0.15, -0.1) is 0 Å². The van der Waals surface area contributed by atoms with Crippen LogP contribution in [0.25, 0.3) is 0 Å². The molecule has 3 rings (SSSR count). The Kier molecular flexibility index (Phi) is 4.81. The molecule has 0 saturated carbocycles. The molecule has 1 aromatic heterocycles. The van der Waals surface area contributed by atoms with Crippen molar-refractivity contribution in [3.05, 3.63) is 58.7 Å². The number of aromatic nitrogens is 1. The molecule has 0 aliphatic carbocycles. The third-order valence-electron chi connectivity index (χ3n) is 4.27. The molecule has 6 heteroatoms. The molecule has 2 aromatic rings. The average molecular weight is 345 g/mol. The minimum Gasteiger partial charge on any atom is -0.477 e. The van der Waals surface area contributed by atoms with Gasteiger partial charge in [-0.25, -0.2) is 9.78 Å². The van der Waals surface area contributed by atoms with Crippen LogP contribution in [0, 0.1) is 5.92 Å². The van der Waals surface area contributed by atoms with Gasteiger partial charge in [-0.1, -0.05) is 17.7 Å². The standard InChI is InChI=1S/C18H17ClN2O3/c19-14-6-4-12(5-7-14)17(22)13-8-10-21(11-9-13)16-3-1-2-15(20-16)18(23)24/h1-7,13H,8-11H2,(H,23,24). The Morgan fingerprint density at radius 1 is 1.08 bits per heavy atom. The first kappa shape index (κ1) is 16.5. The highest BCUT2D eigenvalue weighted by atomic mass is 35.5. The summed E-state index contributed by atoms with van der Waals surface area (Å²) < 4.78 is 0. The molecule has 2 heterocycles. The number of nitrogens with zero attached hydrogens (tertiary/aromatic N) is 2. The number of ketones is 1. The molecule has 1 N–H and O–H groups in total. The van der Waals surface area contributed by atoms with Crippen molar-refractivity contribution in [1.82, 2.24) is 4.98 Å². The van der Waals surface area contributed by atoms with Gasteiger partial charge < -0.3 is 10.0 Å². The number of piperidine rings is 1. The molecule has 0 bridgehead atoms. The molecule has 0 unspecified atom stereocenters. The van der Waals surface area contributed by atoms with Gasteiger partial charge in [0.2, 0.25) is 0 Å². The molecule has 0 radical (unpaired) electrons. The van der Waals surface area contributed by atoms with Crippen LogP contribution in [0.5, 0.6) is 0 Å². The molecular formula is C18H17ClN2O3. The van der Waals surface area contributed by atoms with Gasteiger partial charge in [0.05, 0.1) is 0 Å². The van der Waals surface area contributed by atoms with Crippen molar-refractivity contribution >= 4 is 29.2 Å². The molecule has 24 heavy (non-hydrogen) atoms. The van der Waals surface area contributed by atoms with Crippen LogP contribution in [-0.4, -0.2) is 34.9 Å². The first-order valence-electron chi connectivity index (χ1n) is 7.79. The Morgan fingerprint density at radius 2 is 1.75 bits per heavy atom. The van der Waals surface area contributed by atoms with Gasteiger partial charge >= 0.3 is 5.97 Å². The lowest BCUT2D eigenvalue weighted by Gasteiger charge is -2.32. The molecular weight excluding hydrogens is 328 g/mol. The number of aromatic carboxylic acids is 1. The van der Waals surface area contributed by atoms with Crippen molar-refractivity contribution in [1.29, 1.82) is 0 Å². The Bertz CT molecular complexity index is 753. The number of pyridine rings is 1. The quantitative estimate of drug-likeness (QED) is 0.859. The van der Waals surface area contributed by atoms with Gasteiger partial charge in [-0.2, -0.15) is 0 Å². The van der Waals surface area contributed by atoms with Crippen molar-refractivity contribution in [3.8, 4) is 0 Å². The number of halogens is 1. The van der Waals surface area contributed by atoms with Crippen molar-refractivity contribution < 1.29 is 14.7 Å². The van der Waals surface area contributed by atoms with Crippen LogP contribution in [0.1, 0.15) is 33.7 Å². The summed E-state index contributed by atoms with van der Waals surface area (Å²) >= 11 is 5.86. The fourth-order valence-corrected chi connectivity index (χ4v) is 3.07. The number of carbonyl (C=O) groups excluding carboxylic acids is 1. The number of rotatable bonds is 4. The van der Waals surface area contributed by atoms with Crippen molar-refractivity contribution in [2.24, 2.45) is 5.92 Å². The van der Waals surface area contributed by atoms with Gasteiger partial charge in [0, 0.05) is 29.6 Å². The molecule has 0 spiro atoms. The summed E-state index contributed by atoms with van der Waals surface area (Å²) in [7, 11) is 0. The van der Waals surface area contributed by atoms with Gasteiger partial charge in [0.15, 0.2) is 11.5 Å². The Morgan fingerprint density at radius 3 is 2.38 bits per heavy atom. The van der Waals surface area contributed by atoms with E-state index in [2.05, 4.69) is 4.98 Å². The van der Waals surface area contributed by atoms with Crippen LogP contribution in [0.2, 0.25) is 5.02 Å². The normalized spacial score (nSPS) is 15.3. The summed E-state index contributed by atoms with van der Waals surface area (Å²) in [4.78, 5) is 29.8. The van der Waals surface area contributed by atoms with E-state index in [0.29, 0.717) is 29.5 Å². The van der Waals surface area contributed by atoms with E-state index in [1.54, 1.807) is 36.4 Å². The molecule has 124 valence electrons. The summed E-state index contributed by atoms with van der Waals surface area (Å²) in [5.74, 6) is -0.277. The highest BCUT2D eigenvalue weighted by molar-refractivity contribution is 6.30. The summed E-state index contributed by atoms with van der Waals surface area (Å²) in [5, 5.41) is 9.65. The molecule has 0 atom stereocenters. The Balaban J connectivity index is 1.65. The van der Waals surface area contributed by atoms with Gasteiger partial charge in [-0.3, -0.25) is 4.79 Å². The maximum atomic E-state index is 12.5.